The Hall–Kier alpha value is -0.900. The smallest absolute Gasteiger partial charge is 0.160 e. The molecule has 0 aliphatic heterocycles. The van der Waals surface area contributed by atoms with Crippen molar-refractivity contribution in [3.05, 3.63) is 35.9 Å². The number of hydrogen-bond acceptors (Lipinski definition) is 3. The number of ether oxygens (including phenoxy) is 3. The van der Waals surface area contributed by atoms with Gasteiger partial charge in [0.25, 0.3) is 0 Å². The third-order valence-corrected chi connectivity index (χ3v) is 4.10. The topological polar surface area (TPSA) is 27.7 Å². The molecule has 0 aliphatic carbocycles. The summed E-state index contributed by atoms with van der Waals surface area (Å²) in [5.74, 6) is 0. The quantitative estimate of drug-likeness (QED) is 0.508. The summed E-state index contributed by atoms with van der Waals surface area (Å²) >= 11 is 0. The summed E-state index contributed by atoms with van der Waals surface area (Å²) < 4.78 is 17.8. The molecule has 0 bridgehead atoms. The molecule has 1 rings (SSSR count). The highest BCUT2D eigenvalue weighted by Crippen LogP contribution is 2.23. The van der Waals surface area contributed by atoms with Crippen molar-refractivity contribution in [3.63, 3.8) is 0 Å². The highest BCUT2D eigenvalue weighted by molar-refractivity contribution is 5.14. The predicted molar refractivity (Wildman–Crippen MR) is 95.7 cm³/mol. The van der Waals surface area contributed by atoms with Crippen LogP contribution in [0.5, 0.6) is 0 Å². The van der Waals surface area contributed by atoms with Crippen molar-refractivity contribution in [1.82, 2.24) is 0 Å². The maximum absolute atomic E-state index is 6.37. The number of rotatable bonds is 12. The second kappa shape index (κ2) is 10.8. The summed E-state index contributed by atoms with van der Waals surface area (Å²) in [4.78, 5) is 0. The summed E-state index contributed by atoms with van der Waals surface area (Å²) in [5.41, 5.74) is 1.23. The van der Waals surface area contributed by atoms with Crippen molar-refractivity contribution in [1.29, 1.82) is 0 Å². The maximum Gasteiger partial charge on any atom is 0.160 e. The van der Waals surface area contributed by atoms with Crippen LogP contribution in [0.4, 0.5) is 0 Å². The van der Waals surface area contributed by atoms with E-state index in [2.05, 4.69) is 51.1 Å². The van der Waals surface area contributed by atoms with Crippen LogP contribution in [0.1, 0.15) is 59.4 Å². The molecule has 1 unspecified atom stereocenters. The van der Waals surface area contributed by atoms with Crippen LogP contribution in [0, 0.1) is 0 Å². The van der Waals surface area contributed by atoms with Crippen molar-refractivity contribution < 1.29 is 14.2 Å². The largest absolute Gasteiger partial charge is 0.372 e. The molecule has 0 aliphatic rings. The van der Waals surface area contributed by atoms with Crippen molar-refractivity contribution in [2.45, 2.75) is 78.3 Å². The van der Waals surface area contributed by atoms with Crippen LogP contribution in [0.3, 0.4) is 0 Å². The first-order valence-corrected chi connectivity index (χ1v) is 8.95. The Morgan fingerprint density at radius 3 is 2.09 bits per heavy atom. The maximum atomic E-state index is 6.37. The third kappa shape index (κ3) is 8.50. The van der Waals surface area contributed by atoms with Crippen LogP contribution in [-0.4, -0.2) is 31.2 Å². The van der Waals surface area contributed by atoms with Crippen molar-refractivity contribution >= 4 is 0 Å². The van der Waals surface area contributed by atoms with E-state index < -0.39 is 0 Å². The Kier molecular flexibility index (Phi) is 9.46. The van der Waals surface area contributed by atoms with Crippen LogP contribution >= 0.6 is 0 Å². The van der Waals surface area contributed by atoms with E-state index in [0.29, 0.717) is 13.2 Å². The molecule has 3 heteroatoms. The first-order chi connectivity index (χ1) is 11.0. The van der Waals surface area contributed by atoms with Gasteiger partial charge in [-0.1, -0.05) is 37.3 Å². The molecule has 0 aromatic heterocycles. The van der Waals surface area contributed by atoms with Gasteiger partial charge in [0.05, 0.1) is 11.7 Å². The zero-order chi connectivity index (χ0) is 17.1. The van der Waals surface area contributed by atoms with Gasteiger partial charge in [-0.15, -0.1) is 0 Å². The van der Waals surface area contributed by atoms with E-state index in [0.717, 1.165) is 25.7 Å². The molecule has 0 fully saturated rings. The third-order valence-electron chi connectivity index (χ3n) is 4.10. The molecule has 0 heterocycles. The molecule has 1 atom stereocenters. The molecule has 0 amide bonds. The van der Waals surface area contributed by atoms with Crippen LogP contribution in [0.2, 0.25) is 0 Å². The van der Waals surface area contributed by atoms with E-state index >= 15 is 0 Å². The van der Waals surface area contributed by atoms with Gasteiger partial charge in [0, 0.05) is 19.6 Å². The lowest BCUT2D eigenvalue weighted by Gasteiger charge is -2.32. The lowest BCUT2D eigenvalue weighted by atomic mass is 10.0. The summed E-state index contributed by atoms with van der Waals surface area (Å²) in [6.07, 6.45) is 3.70. The van der Waals surface area contributed by atoms with Crippen molar-refractivity contribution in [2.24, 2.45) is 0 Å². The second-order valence-corrected chi connectivity index (χ2v) is 6.45. The van der Waals surface area contributed by atoms with Crippen molar-refractivity contribution in [3.8, 4) is 0 Å². The predicted octanol–water partition coefficient (Wildman–Crippen LogP) is 4.98. The number of benzene rings is 1. The Morgan fingerprint density at radius 1 is 0.957 bits per heavy atom. The van der Waals surface area contributed by atoms with E-state index in [4.69, 9.17) is 14.2 Å². The molecular formula is C20H34O3. The van der Waals surface area contributed by atoms with E-state index in [1.807, 2.05) is 13.8 Å². The van der Waals surface area contributed by atoms with Gasteiger partial charge in [0.2, 0.25) is 0 Å². The van der Waals surface area contributed by atoms with Gasteiger partial charge in [-0.3, -0.25) is 0 Å². The minimum Gasteiger partial charge on any atom is -0.372 e. The summed E-state index contributed by atoms with van der Waals surface area (Å²) in [6.45, 7) is 11.8. The zero-order valence-corrected chi connectivity index (χ0v) is 15.5. The Balaban J connectivity index is 2.67. The highest BCUT2D eigenvalue weighted by atomic mass is 16.7. The van der Waals surface area contributed by atoms with Crippen LogP contribution in [0.15, 0.2) is 30.3 Å². The lowest BCUT2D eigenvalue weighted by molar-refractivity contribution is -0.173. The molecule has 132 valence electrons. The standard InChI is InChI=1S/C20H34O3/c1-6-20(4,5)23-18(16-19(21-7-2)22-8-3)15-14-17-12-10-9-11-13-17/h9-13,18-19H,6-8,14-16H2,1-5H3. The molecule has 1 aromatic carbocycles. The second-order valence-electron chi connectivity index (χ2n) is 6.45. The monoisotopic (exact) mass is 322 g/mol. The fraction of sp³-hybridized carbons (Fsp3) is 0.700. The Bertz CT molecular complexity index is 397. The first-order valence-electron chi connectivity index (χ1n) is 8.95. The van der Waals surface area contributed by atoms with E-state index in [1.165, 1.54) is 5.56 Å². The van der Waals surface area contributed by atoms with Crippen LogP contribution in [0.25, 0.3) is 0 Å². The van der Waals surface area contributed by atoms with Gasteiger partial charge in [-0.05, 0) is 52.5 Å². The van der Waals surface area contributed by atoms with E-state index in [1.54, 1.807) is 0 Å². The average Bonchev–Trinajstić information content (AvgIpc) is 2.54. The van der Waals surface area contributed by atoms with Gasteiger partial charge < -0.3 is 14.2 Å². The summed E-state index contributed by atoms with van der Waals surface area (Å²) in [7, 11) is 0. The van der Waals surface area contributed by atoms with Gasteiger partial charge in [-0.25, -0.2) is 0 Å². The minimum atomic E-state index is -0.182. The van der Waals surface area contributed by atoms with Gasteiger partial charge in [0.15, 0.2) is 6.29 Å². The molecule has 0 radical (unpaired) electrons. The molecule has 0 spiro atoms. The number of hydrogen-bond donors (Lipinski definition) is 0. The molecular weight excluding hydrogens is 288 g/mol. The molecule has 0 N–H and O–H groups in total. The number of aryl methyl sites for hydroxylation is 1. The van der Waals surface area contributed by atoms with Crippen molar-refractivity contribution in [2.75, 3.05) is 13.2 Å². The zero-order valence-electron chi connectivity index (χ0n) is 15.5. The van der Waals surface area contributed by atoms with E-state index in [9.17, 15) is 0 Å². The van der Waals surface area contributed by atoms with E-state index in [-0.39, 0.29) is 18.0 Å². The summed E-state index contributed by atoms with van der Waals surface area (Å²) in [6, 6.07) is 10.6. The lowest BCUT2D eigenvalue weighted by Crippen LogP contribution is -2.34. The Morgan fingerprint density at radius 2 is 1.57 bits per heavy atom. The average molecular weight is 322 g/mol. The molecule has 0 saturated carbocycles. The summed E-state index contributed by atoms with van der Waals surface area (Å²) in [5, 5.41) is 0. The SMILES string of the molecule is CCOC(CC(CCc1ccccc1)OC(C)(C)CC)OCC. The molecule has 1 aromatic rings. The van der Waals surface area contributed by atoms with Gasteiger partial charge >= 0.3 is 0 Å². The molecule has 3 nitrogen and oxygen atoms in total. The fourth-order valence-electron chi connectivity index (χ4n) is 2.50. The highest BCUT2D eigenvalue weighted by Gasteiger charge is 2.25. The Labute approximate surface area is 142 Å². The first kappa shape index (κ1) is 20.1. The van der Waals surface area contributed by atoms with Crippen LogP contribution in [-0.2, 0) is 20.6 Å². The van der Waals surface area contributed by atoms with Crippen LogP contribution < -0.4 is 0 Å². The molecule has 23 heavy (non-hydrogen) atoms. The minimum absolute atomic E-state index is 0.121. The molecule has 0 saturated heterocycles. The normalized spacial score (nSPS) is 13.5. The van der Waals surface area contributed by atoms with Gasteiger partial charge in [0.1, 0.15) is 0 Å². The fourth-order valence-corrected chi connectivity index (χ4v) is 2.50. The van der Waals surface area contributed by atoms with Gasteiger partial charge in [-0.2, -0.15) is 0 Å².